The van der Waals surface area contributed by atoms with E-state index in [1.165, 1.54) is 0 Å². The highest BCUT2D eigenvalue weighted by molar-refractivity contribution is 5.76. The lowest BCUT2D eigenvalue weighted by atomic mass is 9.80. The quantitative estimate of drug-likeness (QED) is 0.133. The number of nitrogens with two attached hydrogens (primary N) is 2. The highest BCUT2D eigenvalue weighted by atomic mass is 16.5. The van der Waals surface area contributed by atoms with E-state index in [9.17, 15) is 24.0 Å². The molecule has 0 heterocycles. The Hall–Kier alpha value is -2.81. The Labute approximate surface area is 212 Å². The molecule has 0 aromatic heterocycles. The average Bonchev–Trinajstić information content (AvgIpc) is 2.78. The number of rotatable bonds is 17. The van der Waals surface area contributed by atoms with E-state index in [-0.39, 0.29) is 24.5 Å². The molecule has 0 saturated heterocycles. The minimum atomic E-state index is -1.23. The molecular weight excluding hydrogens is 480 g/mol. The molecule has 0 aromatic carbocycles. The molecule has 14 heteroatoms. The smallest absolute Gasteiger partial charge is 0.317 e. The van der Waals surface area contributed by atoms with Gasteiger partial charge in [0.25, 0.3) is 0 Å². The number of aliphatic carboxylic acids is 4. The SMILES string of the molecule is CCOC(=O)C(CC)(CC)CC.NCCN.O=C(O)CN(CCN(CC(=O)O)CC(=O)O)CC(=O)O. The van der Waals surface area contributed by atoms with Crippen molar-refractivity contribution >= 4 is 29.8 Å². The number of carboxylic acids is 4. The molecule has 0 fully saturated rings. The fourth-order valence-corrected chi connectivity index (χ4v) is 2.94. The van der Waals surface area contributed by atoms with Crippen LogP contribution in [0.1, 0.15) is 47.0 Å². The van der Waals surface area contributed by atoms with Gasteiger partial charge in [-0.05, 0) is 26.2 Å². The summed E-state index contributed by atoms with van der Waals surface area (Å²) in [6.07, 6.45) is 2.62. The summed E-state index contributed by atoms with van der Waals surface area (Å²) in [5.41, 5.74) is 9.58. The molecule has 0 bridgehead atoms. The molecule has 14 nitrogen and oxygen atoms in total. The predicted molar refractivity (Wildman–Crippen MR) is 131 cm³/mol. The fourth-order valence-electron chi connectivity index (χ4n) is 2.94. The number of hydrogen-bond acceptors (Lipinski definition) is 10. The second-order valence-corrected chi connectivity index (χ2v) is 7.64. The molecule has 0 aromatic rings. The Morgan fingerprint density at radius 2 is 0.917 bits per heavy atom. The van der Waals surface area contributed by atoms with Gasteiger partial charge >= 0.3 is 29.8 Å². The van der Waals surface area contributed by atoms with Crippen LogP contribution in [-0.2, 0) is 28.7 Å². The number of nitrogens with zero attached hydrogens (tertiary/aromatic N) is 2. The molecule has 0 atom stereocenters. The molecule has 36 heavy (non-hydrogen) atoms. The minimum Gasteiger partial charge on any atom is -0.480 e. The van der Waals surface area contributed by atoms with Crippen molar-refractivity contribution in [3.05, 3.63) is 0 Å². The molecular formula is C22H44N4O10. The Morgan fingerprint density at radius 1 is 0.639 bits per heavy atom. The summed E-state index contributed by atoms with van der Waals surface area (Å²) in [6.45, 7) is 7.42. The van der Waals surface area contributed by atoms with Crippen LogP contribution in [0.2, 0.25) is 0 Å². The number of carbonyl (C=O) groups excluding carboxylic acids is 1. The van der Waals surface area contributed by atoms with Gasteiger partial charge in [-0.3, -0.25) is 33.8 Å². The summed E-state index contributed by atoms with van der Waals surface area (Å²) >= 11 is 0. The zero-order valence-corrected chi connectivity index (χ0v) is 21.8. The van der Waals surface area contributed by atoms with Crippen LogP contribution in [0.5, 0.6) is 0 Å². The van der Waals surface area contributed by atoms with Crippen LogP contribution in [0.4, 0.5) is 0 Å². The zero-order chi connectivity index (χ0) is 28.7. The van der Waals surface area contributed by atoms with E-state index in [4.69, 9.17) is 36.6 Å². The van der Waals surface area contributed by atoms with Crippen molar-refractivity contribution in [2.24, 2.45) is 16.9 Å². The van der Waals surface area contributed by atoms with Gasteiger partial charge in [-0.15, -0.1) is 0 Å². The normalized spacial score (nSPS) is 10.6. The zero-order valence-electron chi connectivity index (χ0n) is 21.8. The second kappa shape index (κ2) is 22.6. The summed E-state index contributed by atoms with van der Waals surface area (Å²) < 4.78 is 5.04. The topological polar surface area (TPSA) is 234 Å². The third-order valence-electron chi connectivity index (χ3n) is 5.07. The van der Waals surface area contributed by atoms with Gasteiger partial charge in [0, 0.05) is 26.2 Å². The third kappa shape index (κ3) is 20.6. The molecule has 0 aliphatic heterocycles. The van der Waals surface area contributed by atoms with E-state index in [2.05, 4.69) is 0 Å². The standard InChI is InChI=1S/C10H16N2O8.C10H20O2.C2H8N2/c13-7(14)3-11(4-8(15)16)1-2-12(5-9(17)18)6-10(19)20;1-5-10(6-2,7-3)9(11)12-8-4;3-1-2-4/h1-6H2,(H,13,14)(H,15,16)(H,17,18)(H,19,20);5-8H2,1-4H3;1-4H2. The lowest BCUT2D eigenvalue weighted by Crippen LogP contribution is -2.43. The fraction of sp³-hybridized carbons (Fsp3) is 0.773. The largest absolute Gasteiger partial charge is 0.480 e. The average molecular weight is 525 g/mol. The number of hydrogen-bond donors (Lipinski definition) is 6. The van der Waals surface area contributed by atoms with E-state index in [0.29, 0.717) is 19.7 Å². The first kappa shape index (κ1) is 37.7. The van der Waals surface area contributed by atoms with Gasteiger partial charge in [-0.1, -0.05) is 20.8 Å². The minimum absolute atomic E-state index is 0.0301. The second-order valence-electron chi connectivity index (χ2n) is 7.64. The maximum Gasteiger partial charge on any atom is 0.317 e. The van der Waals surface area contributed by atoms with Crippen LogP contribution in [0.25, 0.3) is 0 Å². The van der Waals surface area contributed by atoms with Gasteiger partial charge in [-0.25, -0.2) is 0 Å². The predicted octanol–water partition coefficient (Wildman–Crippen LogP) is -0.401. The first-order chi connectivity index (χ1) is 16.8. The van der Waals surface area contributed by atoms with Crippen LogP contribution < -0.4 is 11.5 Å². The van der Waals surface area contributed by atoms with E-state index >= 15 is 0 Å². The van der Waals surface area contributed by atoms with Gasteiger partial charge in [0.1, 0.15) is 0 Å². The van der Waals surface area contributed by atoms with Crippen LogP contribution in [0, 0.1) is 5.41 Å². The van der Waals surface area contributed by atoms with Crippen molar-refractivity contribution in [2.75, 3.05) is 59.0 Å². The summed E-state index contributed by atoms with van der Waals surface area (Å²) in [5.74, 6) is -4.94. The van der Waals surface area contributed by atoms with Crippen LogP contribution in [0.15, 0.2) is 0 Å². The molecule has 0 unspecified atom stereocenters. The van der Waals surface area contributed by atoms with Gasteiger partial charge in [0.05, 0.1) is 38.2 Å². The van der Waals surface area contributed by atoms with Gasteiger partial charge < -0.3 is 36.6 Å². The van der Waals surface area contributed by atoms with E-state index < -0.39 is 50.1 Å². The van der Waals surface area contributed by atoms with E-state index in [0.717, 1.165) is 29.1 Å². The highest BCUT2D eigenvalue weighted by Crippen LogP contribution is 2.31. The monoisotopic (exact) mass is 524 g/mol. The van der Waals surface area contributed by atoms with Gasteiger partial charge in [0.15, 0.2) is 0 Å². The van der Waals surface area contributed by atoms with Crippen LogP contribution in [0.3, 0.4) is 0 Å². The number of carboxylic acid groups (broad SMARTS) is 4. The number of carbonyl (C=O) groups is 5. The van der Waals surface area contributed by atoms with E-state index in [1.807, 2.05) is 27.7 Å². The molecule has 0 spiro atoms. The van der Waals surface area contributed by atoms with Crippen molar-refractivity contribution in [3.8, 4) is 0 Å². The Bertz CT molecular complexity index is 578. The Balaban J connectivity index is -0.000000574. The molecule has 0 saturated carbocycles. The highest BCUT2D eigenvalue weighted by Gasteiger charge is 2.34. The van der Waals surface area contributed by atoms with Crippen molar-refractivity contribution in [3.63, 3.8) is 0 Å². The summed E-state index contributed by atoms with van der Waals surface area (Å²) in [7, 11) is 0. The summed E-state index contributed by atoms with van der Waals surface area (Å²) in [6, 6.07) is 0. The van der Waals surface area contributed by atoms with E-state index in [1.54, 1.807) is 0 Å². The Kier molecular flexibility index (Phi) is 23.7. The van der Waals surface area contributed by atoms with Crippen LogP contribution >= 0.6 is 0 Å². The lowest BCUT2D eigenvalue weighted by molar-refractivity contribution is -0.156. The number of ether oxygens (including phenoxy) is 1. The maximum absolute atomic E-state index is 11.5. The van der Waals surface area contributed by atoms with Gasteiger partial charge in [0.2, 0.25) is 0 Å². The third-order valence-corrected chi connectivity index (χ3v) is 5.07. The maximum atomic E-state index is 11.5. The Morgan fingerprint density at radius 3 is 1.08 bits per heavy atom. The summed E-state index contributed by atoms with van der Waals surface area (Å²) in [4.78, 5) is 55.9. The van der Waals surface area contributed by atoms with Crippen LogP contribution in [-0.4, -0.2) is 119 Å². The van der Waals surface area contributed by atoms with Crippen molar-refractivity contribution in [1.29, 1.82) is 0 Å². The van der Waals surface area contributed by atoms with Gasteiger partial charge in [-0.2, -0.15) is 0 Å². The molecule has 8 N–H and O–H groups in total. The lowest BCUT2D eigenvalue weighted by Gasteiger charge is -2.27. The first-order valence-electron chi connectivity index (χ1n) is 11.7. The van der Waals surface area contributed by atoms with Crippen molar-refractivity contribution < 1.29 is 49.1 Å². The molecule has 0 radical (unpaired) electrons. The van der Waals surface area contributed by atoms with Crippen molar-refractivity contribution in [2.45, 2.75) is 47.0 Å². The summed E-state index contributed by atoms with van der Waals surface area (Å²) in [5, 5.41) is 34.5. The molecule has 212 valence electrons. The molecule has 0 amide bonds. The van der Waals surface area contributed by atoms with Crippen molar-refractivity contribution in [1.82, 2.24) is 9.80 Å². The first-order valence-corrected chi connectivity index (χ1v) is 11.7. The molecule has 0 aliphatic rings. The molecule has 0 aliphatic carbocycles. The number of esters is 1. The molecule has 0 rings (SSSR count).